The summed E-state index contributed by atoms with van der Waals surface area (Å²) in [4.78, 5) is 10.4. The first kappa shape index (κ1) is 24.6. The summed E-state index contributed by atoms with van der Waals surface area (Å²) >= 11 is 0. The third-order valence-corrected chi connectivity index (χ3v) is 9.93. The summed E-state index contributed by atoms with van der Waals surface area (Å²) in [6, 6.07) is 39.0. The summed E-state index contributed by atoms with van der Waals surface area (Å²) in [7, 11) is 0. The zero-order valence-electron chi connectivity index (χ0n) is 24.7. The van der Waals surface area contributed by atoms with Crippen molar-refractivity contribution in [2.45, 2.75) is 38.5 Å². The topological polar surface area (TPSA) is 38.9 Å². The van der Waals surface area contributed by atoms with Crippen molar-refractivity contribution in [1.82, 2.24) is 9.97 Å². The summed E-state index contributed by atoms with van der Waals surface area (Å²) < 4.78 is 6.80. The zero-order valence-corrected chi connectivity index (χ0v) is 24.7. The Bertz CT molecular complexity index is 2290. The van der Waals surface area contributed by atoms with Crippen molar-refractivity contribution in [3.8, 4) is 44.9 Å². The van der Waals surface area contributed by atoms with Gasteiger partial charge in [0.2, 0.25) is 5.71 Å². The van der Waals surface area contributed by atoms with Gasteiger partial charge in [-0.15, -0.1) is 0 Å². The van der Waals surface area contributed by atoms with Crippen LogP contribution in [0.5, 0.6) is 0 Å². The molecule has 0 bridgehead atoms. The van der Waals surface area contributed by atoms with Gasteiger partial charge in [-0.1, -0.05) is 125 Å². The third-order valence-electron chi connectivity index (χ3n) is 9.93. The number of hydrogen-bond acceptors (Lipinski definition) is 3. The van der Waals surface area contributed by atoms with Crippen molar-refractivity contribution in [2.24, 2.45) is 0 Å². The lowest BCUT2D eigenvalue weighted by molar-refractivity contribution is 0.646. The average Bonchev–Trinajstić information content (AvgIpc) is 3.61. The van der Waals surface area contributed by atoms with Crippen LogP contribution in [0, 0.1) is 0 Å². The van der Waals surface area contributed by atoms with E-state index < -0.39 is 0 Å². The fourth-order valence-electron chi connectivity index (χ4n) is 7.70. The summed E-state index contributed by atoms with van der Waals surface area (Å²) in [5.41, 5.74) is 14.5. The zero-order chi connectivity index (χ0) is 29.1. The molecule has 3 heteroatoms. The molecule has 0 fully saturated rings. The molecule has 7 aromatic rings. The van der Waals surface area contributed by atoms with E-state index in [0.717, 1.165) is 33.2 Å². The van der Waals surface area contributed by atoms with E-state index in [1.54, 1.807) is 0 Å². The number of nitrogens with zero attached hydrogens (tertiary/aromatic N) is 2. The quantitative estimate of drug-likeness (QED) is 0.213. The van der Waals surface area contributed by atoms with Gasteiger partial charge in [0, 0.05) is 32.9 Å². The van der Waals surface area contributed by atoms with Gasteiger partial charge in [0.15, 0.2) is 5.82 Å². The Morgan fingerprint density at radius 2 is 1.19 bits per heavy atom. The highest BCUT2D eigenvalue weighted by Crippen LogP contribution is 2.53. The second kappa shape index (κ2) is 8.29. The summed E-state index contributed by atoms with van der Waals surface area (Å²) in [6.45, 7) is 9.21. The molecule has 0 unspecified atom stereocenters. The summed E-state index contributed by atoms with van der Waals surface area (Å²) in [5.74, 6) is 0.678. The molecule has 0 amide bonds. The van der Waals surface area contributed by atoms with Crippen LogP contribution in [0.1, 0.15) is 49.9 Å². The molecule has 0 atom stereocenters. The van der Waals surface area contributed by atoms with Crippen molar-refractivity contribution >= 4 is 22.1 Å². The molecule has 0 radical (unpaired) electrons. The molecular weight excluding hydrogens is 524 g/mol. The molecule has 206 valence electrons. The lowest BCUT2D eigenvalue weighted by atomic mass is 9.82. The maximum Gasteiger partial charge on any atom is 0.231 e. The highest BCUT2D eigenvalue weighted by atomic mass is 16.3. The molecular formula is C40H30N2O. The number of rotatable bonds is 2. The molecule has 2 aliphatic carbocycles. The minimum absolute atomic E-state index is 0.103. The van der Waals surface area contributed by atoms with E-state index in [1.165, 1.54) is 44.5 Å². The molecule has 2 heterocycles. The van der Waals surface area contributed by atoms with Crippen molar-refractivity contribution in [3.63, 3.8) is 0 Å². The van der Waals surface area contributed by atoms with E-state index in [4.69, 9.17) is 14.4 Å². The Balaban J connectivity index is 1.32. The molecule has 0 N–H and O–H groups in total. The maximum absolute atomic E-state index is 6.80. The van der Waals surface area contributed by atoms with Gasteiger partial charge in [-0.3, -0.25) is 0 Å². The Morgan fingerprint density at radius 3 is 1.98 bits per heavy atom. The highest BCUT2D eigenvalue weighted by Gasteiger charge is 2.38. The Labute approximate surface area is 250 Å². The monoisotopic (exact) mass is 554 g/mol. The van der Waals surface area contributed by atoms with Crippen molar-refractivity contribution < 1.29 is 4.42 Å². The van der Waals surface area contributed by atoms with Crippen LogP contribution < -0.4 is 0 Å². The smallest absolute Gasteiger partial charge is 0.231 e. The Hall–Kier alpha value is -5.02. The Kier molecular flexibility index (Phi) is 4.74. The van der Waals surface area contributed by atoms with Crippen LogP contribution in [0.15, 0.2) is 114 Å². The van der Waals surface area contributed by atoms with E-state index in [2.05, 4.69) is 131 Å². The molecule has 9 rings (SSSR count). The van der Waals surface area contributed by atoms with Gasteiger partial charge in [0.25, 0.3) is 0 Å². The number of furan rings is 1. The number of fused-ring (bicyclic) bond motifs is 10. The van der Waals surface area contributed by atoms with E-state index in [9.17, 15) is 0 Å². The highest BCUT2D eigenvalue weighted by molar-refractivity contribution is 6.15. The molecule has 0 saturated carbocycles. The first-order valence-electron chi connectivity index (χ1n) is 15.0. The van der Waals surface area contributed by atoms with Gasteiger partial charge in [-0.05, 0) is 51.1 Å². The van der Waals surface area contributed by atoms with Crippen LogP contribution in [-0.4, -0.2) is 9.97 Å². The van der Waals surface area contributed by atoms with Gasteiger partial charge in [0.1, 0.15) is 5.58 Å². The third kappa shape index (κ3) is 3.20. The van der Waals surface area contributed by atoms with Crippen molar-refractivity contribution in [1.29, 1.82) is 0 Å². The SMILES string of the molecule is CC1(C)c2ccccc2-c2ccc(-c3nc(-c4ccccc4)c4c(n3)oc3c5c(ccc34)C(C)(C)c3ccccc3-5)cc21. The predicted octanol–water partition coefficient (Wildman–Crippen LogP) is 10.3. The molecule has 43 heavy (non-hydrogen) atoms. The van der Waals surface area contributed by atoms with Crippen LogP contribution >= 0.6 is 0 Å². The molecule has 0 aliphatic heterocycles. The van der Waals surface area contributed by atoms with Crippen LogP contribution in [0.3, 0.4) is 0 Å². The minimum atomic E-state index is -0.104. The van der Waals surface area contributed by atoms with E-state index in [0.29, 0.717) is 11.5 Å². The van der Waals surface area contributed by atoms with Gasteiger partial charge in [-0.2, -0.15) is 4.98 Å². The maximum atomic E-state index is 6.80. The van der Waals surface area contributed by atoms with Crippen LogP contribution in [0.25, 0.3) is 67.0 Å². The lowest BCUT2D eigenvalue weighted by Crippen LogP contribution is -2.15. The van der Waals surface area contributed by atoms with Crippen LogP contribution in [0.2, 0.25) is 0 Å². The number of benzene rings is 5. The molecule has 0 saturated heterocycles. The summed E-state index contributed by atoms with van der Waals surface area (Å²) in [5, 5.41) is 2.01. The fourth-order valence-corrected chi connectivity index (χ4v) is 7.70. The standard InChI is InChI=1S/C40H30N2O/c1-39(2)30-17-11-9-15-27(30)33-31(39)21-20-28-34-35(23-12-6-5-7-13-23)41-37(42-38(34)43-36(28)33)24-18-19-26-25-14-8-10-16-29(25)40(3,4)32(26)22-24/h5-22H,1-4H3. The first-order valence-corrected chi connectivity index (χ1v) is 15.0. The normalized spacial score (nSPS) is 15.3. The molecule has 2 aliphatic rings. The molecule has 5 aromatic carbocycles. The van der Waals surface area contributed by atoms with Crippen LogP contribution in [-0.2, 0) is 10.8 Å². The van der Waals surface area contributed by atoms with E-state index in [-0.39, 0.29) is 10.8 Å². The molecule has 2 aromatic heterocycles. The van der Waals surface area contributed by atoms with Crippen molar-refractivity contribution in [2.75, 3.05) is 0 Å². The Morgan fingerprint density at radius 1 is 0.535 bits per heavy atom. The van der Waals surface area contributed by atoms with E-state index >= 15 is 0 Å². The number of aromatic nitrogens is 2. The second-order valence-corrected chi connectivity index (χ2v) is 13.0. The summed E-state index contributed by atoms with van der Waals surface area (Å²) in [6.07, 6.45) is 0. The van der Waals surface area contributed by atoms with Crippen LogP contribution in [0.4, 0.5) is 0 Å². The minimum Gasteiger partial charge on any atom is -0.437 e. The van der Waals surface area contributed by atoms with Gasteiger partial charge < -0.3 is 4.42 Å². The predicted molar refractivity (Wildman–Crippen MR) is 175 cm³/mol. The second-order valence-electron chi connectivity index (χ2n) is 13.0. The van der Waals surface area contributed by atoms with Gasteiger partial charge >= 0.3 is 0 Å². The van der Waals surface area contributed by atoms with E-state index in [1.807, 2.05) is 6.07 Å². The van der Waals surface area contributed by atoms with Gasteiger partial charge in [-0.25, -0.2) is 4.98 Å². The average molecular weight is 555 g/mol. The lowest BCUT2D eigenvalue weighted by Gasteiger charge is -2.21. The molecule has 3 nitrogen and oxygen atoms in total. The molecule has 0 spiro atoms. The number of hydrogen-bond donors (Lipinski definition) is 0. The first-order chi connectivity index (χ1) is 20.8. The van der Waals surface area contributed by atoms with Crippen molar-refractivity contribution in [3.05, 3.63) is 131 Å². The fraction of sp³-hybridized carbons (Fsp3) is 0.150. The largest absolute Gasteiger partial charge is 0.437 e. The van der Waals surface area contributed by atoms with Gasteiger partial charge in [0.05, 0.1) is 11.1 Å².